The fourth-order valence-electron chi connectivity index (χ4n) is 11.9. The van der Waals surface area contributed by atoms with E-state index in [4.69, 9.17) is 75.8 Å². The first-order valence-electron chi connectivity index (χ1n) is 30.4. The third kappa shape index (κ3) is 19.7. The predicted octanol–water partition coefficient (Wildman–Crippen LogP) is 6.89. The van der Waals surface area contributed by atoms with Crippen molar-refractivity contribution in [2.75, 3.05) is 19.7 Å². The van der Waals surface area contributed by atoms with Crippen LogP contribution in [-0.2, 0) is 105 Å². The molecule has 42 heteroatoms. The number of esters is 8. The van der Waals surface area contributed by atoms with Crippen molar-refractivity contribution >= 4 is 47.8 Å². The molecular formula is C57H68N18O24. The molecule has 0 bridgehead atoms. The Balaban J connectivity index is 1.39. The highest BCUT2D eigenvalue weighted by molar-refractivity contribution is 5.90. The molecule has 2 aromatic rings. The Hall–Kier alpha value is -10.3. The van der Waals surface area contributed by atoms with E-state index in [1.807, 2.05) is 0 Å². The molecule has 9 unspecified atom stereocenters. The fraction of sp³-hybridized carbons (Fsp3) is 0.649. The average Bonchev–Trinajstić information content (AvgIpc) is 1.76. The SMILES string of the molecule is CCC1O[C@@H](OC[C@H]2O[C@@H](O[C@@H]3C(OC(C)=O)[C@H](N=[N+]=[N-])CC(N=[N+]=[N-])[C@H]3O[C@H]3OC(CN=[N+]=[N-])[C@@H](OC(C)=O)[C@H](OC(C)=O)C3N=[N+]=[N-])C(OC(C)=O)[C@H]2O[C@H]2O[C@@H](CN=[N+]=[N-])[C@@H](OC(C)=O)C(OC(C)=O)C2N=[N+]=[N-])C(C)[C@@H](OC(=O)c2ccccc2)[C@@H]1OC(=O)c1ccccc1. The number of ether oxygens (including phenoxy) is 16. The molecule has 0 spiro atoms. The Bertz CT molecular complexity index is 3530. The van der Waals surface area contributed by atoms with Gasteiger partial charge in [0.1, 0.15) is 60.9 Å². The molecule has 2 aromatic carbocycles. The molecule has 0 N–H and O–H groups in total. The number of benzene rings is 2. The van der Waals surface area contributed by atoms with E-state index in [2.05, 4.69) is 60.2 Å². The summed E-state index contributed by atoms with van der Waals surface area (Å²) >= 11 is 0. The van der Waals surface area contributed by atoms with Gasteiger partial charge in [0.25, 0.3) is 0 Å². The van der Waals surface area contributed by atoms with E-state index < -0.39 is 221 Å². The van der Waals surface area contributed by atoms with Gasteiger partial charge in [-0.15, -0.1) is 0 Å². The van der Waals surface area contributed by atoms with Crippen molar-refractivity contribution in [2.45, 2.75) is 209 Å². The largest absolute Gasteiger partial charge is 0.459 e. The second-order valence-corrected chi connectivity index (χ2v) is 22.5. The van der Waals surface area contributed by atoms with E-state index in [9.17, 15) is 71.5 Å². The number of azide groups is 6. The molecule has 0 amide bonds. The van der Waals surface area contributed by atoms with Crippen LogP contribution < -0.4 is 0 Å². The lowest BCUT2D eigenvalue weighted by atomic mass is 9.83. The van der Waals surface area contributed by atoms with Gasteiger partial charge in [-0.1, -0.05) is 80.9 Å². The molecule has 4 saturated heterocycles. The van der Waals surface area contributed by atoms with Gasteiger partial charge >= 0.3 is 47.8 Å². The minimum atomic E-state index is -2.16. The fourth-order valence-corrected chi connectivity index (χ4v) is 11.9. The summed E-state index contributed by atoms with van der Waals surface area (Å²) in [5.74, 6) is -8.91. The minimum Gasteiger partial charge on any atom is -0.459 e. The molecule has 42 nitrogen and oxygen atoms in total. The Kier molecular flexibility index (Phi) is 28.0. The zero-order valence-corrected chi connectivity index (χ0v) is 54.0. The first-order valence-corrected chi connectivity index (χ1v) is 30.4. The number of hydrogen-bond acceptors (Lipinski definition) is 30. The second-order valence-electron chi connectivity index (χ2n) is 22.5. The molecule has 4 heterocycles. The van der Waals surface area contributed by atoms with Gasteiger partial charge in [-0.25, -0.2) is 9.59 Å². The molecule has 0 aromatic heterocycles. The van der Waals surface area contributed by atoms with E-state index in [-0.39, 0.29) is 17.5 Å². The quantitative estimate of drug-likeness (QED) is 0.0275. The van der Waals surface area contributed by atoms with Gasteiger partial charge in [0.05, 0.1) is 49.0 Å². The molecule has 99 heavy (non-hydrogen) atoms. The number of carbonyl (C=O) groups excluding carboxylic acids is 8. The van der Waals surface area contributed by atoms with Gasteiger partial charge in [-0.05, 0) is 70.3 Å². The molecule has 5 aliphatic rings. The van der Waals surface area contributed by atoms with Crippen molar-refractivity contribution in [3.8, 4) is 0 Å². The molecule has 7 rings (SSSR count). The monoisotopic (exact) mass is 1390 g/mol. The molecule has 24 atom stereocenters. The lowest BCUT2D eigenvalue weighted by Crippen LogP contribution is -2.65. The van der Waals surface area contributed by atoms with Crippen LogP contribution in [-0.4, -0.2) is 208 Å². The number of carbonyl (C=O) groups is 8. The van der Waals surface area contributed by atoms with Gasteiger partial charge in [0, 0.05) is 76.9 Å². The maximum absolute atomic E-state index is 14.0. The van der Waals surface area contributed by atoms with Crippen molar-refractivity contribution in [3.63, 3.8) is 0 Å². The van der Waals surface area contributed by atoms with Crippen LogP contribution in [0.15, 0.2) is 91.3 Å². The summed E-state index contributed by atoms with van der Waals surface area (Å²) in [7, 11) is 0. The maximum atomic E-state index is 14.0. The van der Waals surface area contributed by atoms with Gasteiger partial charge in [-0.3, -0.25) is 28.8 Å². The second kappa shape index (κ2) is 36.4. The van der Waals surface area contributed by atoms with Gasteiger partial charge < -0.3 is 75.8 Å². The van der Waals surface area contributed by atoms with Gasteiger partial charge in [0.2, 0.25) is 0 Å². The first kappa shape index (κ1) is 76.1. The van der Waals surface area contributed by atoms with Crippen molar-refractivity contribution < 1.29 is 114 Å². The summed E-state index contributed by atoms with van der Waals surface area (Å²) in [6, 6.07) is 8.75. The van der Waals surface area contributed by atoms with Crippen LogP contribution in [0.25, 0.3) is 62.7 Å². The standard InChI is InChI=1S/C57H68N18O24/c1-9-35-44(96-53(83)32-18-14-11-15-19-32)41(95-52(82)31-16-12-10-13-17-31)24(2)54(91-35)84-23-38-47(98-56-40(69-75-63)49(89-29(7)80)46(87-27(5)78)37(93-56)22-65-71-59)51(90-30(8)81)57(94-38)99-50-42(85-25(3)76)33(66-72-60)20-34(67-73-61)43(50)97-55-39(68-74-62)48(88-28(6)79)45(86-26(4)77)36(92-55)21-64-70-58/h10-19,24,33-51,54-57H,9,20-23H2,1-8H3/t24?,33-,34?,35?,36?,37+,38-,39?,40?,41-,42?,43-,44-,45-,46-,47+,48-,49?,50-,51?,54-,55-,56-,57+/m1/s1. The lowest BCUT2D eigenvalue weighted by Gasteiger charge is -2.48. The van der Waals surface area contributed by atoms with Crippen molar-refractivity contribution in [1.82, 2.24) is 0 Å². The Morgan fingerprint density at radius 3 is 1.21 bits per heavy atom. The molecule has 1 aliphatic carbocycles. The van der Waals surface area contributed by atoms with E-state index in [1.54, 1.807) is 50.2 Å². The Labute approximate surface area is 560 Å². The highest BCUT2D eigenvalue weighted by Crippen LogP contribution is 2.42. The lowest BCUT2D eigenvalue weighted by molar-refractivity contribution is -0.311. The van der Waals surface area contributed by atoms with Crippen LogP contribution in [0.1, 0.15) is 88.9 Å². The zero-order valence-electron chi connectivity index (χ0n) is 54.0. The number of hydrogen-bond donors (Lipinski definition) is 0. The normalized spacial score (nSPS) is 32.9. The summed E-state index contributed by atoms with van der Waals surface area (Å²) in [6.45, 7) is 6.83. The van der Waals surface area contributed by atoms with Crippen LogP contribution in [0.2, 0.25) is 0 Å². The highest BCUT2D eigenvalue weighted by atomic mass is 16.8. The average molecular weight is 1390 g/mol. The van der Waals surface area contributed by atoms with E-state index in [1.165, 1.54) is 24.3 Å². The summed E-state index contributed by atoms with van der Waals surface area (Å²) in [5.41, 5.74) is 59.4. The zero-order chi connectivity index (χ0) is 72.0. The van der Waals surface area contributed by atoms with E-state index >= 15 is 0 Å². The van der Waals surface area contributed by atoms with Crippen molar-refractivity contribution in [3.05, 3.63) is 134 Å². The van der Waals surface area contributed by atoms with E-state index in [0.717, 1.165) is 41.5 Å². The molecule has 0 radical (unpaired) electrons. The Morgan fingerprint density at radius 2 is 0.778 bits per heavy atom. The summed E-state index contributed by atoms with van der Waals surface area (Å²) in [4.78, 5) is 123. The van der Waals surface area contributed by atoms with Crippen LogP contribution in [0.5, 0.6) is 0 Å². The Morgan fingerprint density at radius 1 is 0.404 bits per heavy atom. The molecule has 1 saturated carbocycles. The molecular weight excluding hydrogens is 1320 g/mol. The summed E-state index contributed by atoms with van der Waals surface area (Å²) in [6.07, 6.45) is -33.8. The first-order chi connectivity index (χ1) is 47.5. The van der Waals surface area contributed by atoms with Crippen molar-refractivity contribution in [1.29, 1.82) is 0 Å². The molecule has 4 aliphatic heterocycles. The predicted molar refractivity (Wildman–Crippen MR) is 324 cm³/mol. The van der Waals surface area contributed by atoms with Crippen LogP contribution in [0, 0.1) is 5.92 Å². The van der Waals surface area contributed by atoms with Crippen LogP contribution >= 0.6 is 0 Å². The summed E-state index contributed by atoms with van der Waals surface area (Å²) < 4.78 is 98.6. The van der Waals surface area contributed by atoms with Crippen LogP contribution in [0.3, 0.4) is 0 Å². The maximum Gasteiger partial charge on any atom is 0.338 e. The van der Waals surface area contributed by atoms with Crippen LogP contribution in [0.4, 0.5) is 0 Å². The summed E-state index contributed by atoms with van der Waals surface area (Å²) in [5, 5.41) is 22.4. The van der Waals surface area contributed by atoms with Crippen molar-refractivity contribution in [2.24, 2.45) is 36.6 Å². The topological polar surface area (TPSA) is 577 Å². The number of rotatable bonds is 28. The van der Waals surface area contributed by atoms with Gasteiger partial charge in [-0.2, -0.15) is 0 Å². The smallest absolute Gasteiger partial charge is 0.338 e. The molecule has 530 valence electrons. The molecule has 5 fully saturated rings. The number of nitrogens with zero attached hydrogens (tertiary/aromatic N) is 18. The highest BCUT2D eigenvalue weighted by Gasteiger charge is 2.60. The third-order valence-electron chi connectivity index (χ3n) is 15.8. The minimum absolute atomic E-state index is 0.0897. The van der Waals surface area contributed by atoms with Gasteiger partial charge in [0.15, 0.2) is 61.8 Å². The van der Waals surface area contributed by atoms with E-state index in [0.29, 0.717) is 0 Å². The third-order valence-corrected chi connectivity index (χ3v) is 15.8.